The maximum absolute atomic E-state index is 12.3. The number of ketones is 2. The molecule has 0 saturated heterocycles. The summed E-state index contributed by atoms with van der Waals surface area (Å²) in [5.74, 6) is -0.00984. The Labute approximate surface area is 131 Å². The first-order chi connectivity index (χ1) is 10.1. The van der Waals surface area contributed by atoms with Gasteiger partial charge >= 0.3 is 0 Å². The van der Waals surface area contributed by atoms with Crippen LogP contribution in [0.25, 0.3) is 0 Å². The zero-order valence-electron chi connectivity index (χ0n) is 11.3. The molecule has 21 heavy (non-hydrogen) atoms. The largest absolute Gasteiger partial charge is 0.294 e. The molecule has 2 nitrogen and oxygen atoms in total. The van der Waals surface area contributed by atoms with E-state index in [-0.39, 0.29) is 23.4 Å². The minimum atomic E-state index is -0.499. The molecule has 4 aliphatic rings. The summed E-state index contributed by atoms with van der Waals surface area (Å²) in [5.41, 5.74) is 1.29. The van der Waals surface area contributed by atoms with Gasteiger partial charge in [-0.1, -0.05) is 58.4 Å². The van der Waals surface area contributed by atoms with Crippen molar-refractivity contribution in [2.24, 2.45) is 11.3 Å². The first-order valence-corrected chi connectivity index (χ1v) is 7.84. The Kier molecular flexibility index (Phi) is 2.70. The molecule has 5 rings (SSSR count). The quantitative estimate of drug-likeness (QED) is 0.730. The third kappa shape index (κ3) is 1.64. The van der Waals surface area contributed by atoms with Crippen LogP contribution < -0.4 is 0 Å². The van der Waals surface area contributed by atoms with Crippen LogP contribution in [-0.4, -0.2) is 11.6 Å². The van der Waals surface area contributed by atoms with Crippen molar-refractivity contribution < 1.29 is 9.59 Å². The maximum Gasteiger partial charge on any atom is 0.184 e. The lowest BCUT2D eigenvalue weighted by Crippen LogP contribution is -2.31. The molecule has 0 heterocycles. The van der Waals surface area contributed by atoms with Crippen LogP contribution in [0.5, 0.6) is 0 Å². The molecule has 0 saturated carbocycles. The molecule has 2 bridgehead atoms. The van der Waals surface area contributed by atoms with Gasteiger partial charge in [0.2, 0.25) is 0 Å². The van der Waals surface area contributed by atoms with E-state index in [2.05, 4.69) is 34.1 Å². The SMILES string of the molecule is O=C1C=C(Br)[C@]23C=C[C@@H](C[C@H]2c2ccccc2)C(=O)C=C13. The summed E-state index contributed by atoms with van der Waals surface area (Å²) in [6.07, 6.45) is 7.96. The first kappa shape index (κ1) is 13.0. The van der Waals surface area contributed by atoms with E-state index in [1.54, 1.807) is 12.2 Å². The Hall–Kier alpha value is -1.74. The highest BCUT2D eigenvalue weighted by Crippen LogP contribution is 2.60. The van der Waals surface area contributed by atoms with Crippen molar-refractivity contribution >= 4 is 27.5 Å². The second-order valence-electron chi connectivity index (χ2n) is 5.85. The second kappa shape index (κ2) is 4.38. The number of fused-ring (bicyclic) bond motifs is 2. The fraction of sp³-hybridized carbons (Fsp3) is 0.222. The fourth-order valence-corrected chi connectivity index (χ4v) is 4.64. The van der Waals surface area contributed by atoms with Gasteiger partial charge in [0.15, 0.2) is 11.6 Å². The molecule has 0 aliphatic heterocycles. The molecule has 0 fully saturated rings. The van der Waals surface area contributed by atoms with Crippen molar-refractivity contribution in [3.63, 3.8) is 0 Å². The maximum atomic E-state index is 12.3. The topological polar surface area (TPSA) is 34.1 Å². The number of allylic oxidation sites excluding steroid dienone is 6. The summed E-state index contributed by atoms with van der Waals surface area (Å²) in [4.78, 5) is 24.6. The average molecular weight is 341 g/mol. The van der Waals surface area contributed by atoms with Crippen molar-refractivity contribution in [3.05, 3.63) is 70.3 Å². The second-order valence-corrected chi connectivity index (χ2v) is 6.70. The predicted octanol–water partition coefficient (Wildman–Crippen LogP) is 3.70. The third-order valence-corrected chi connectivity index (χ3v) is 5.73. The lowest BCUT2D eigenvalue weighted by molar-refractivity contribution is -0.117. The lowest BCUT2D eigenvalue weighted by atomic mass is 9.64. The molecule has 0 unspecified atom stereocenters. The van der Waals surface area contributed by atoms with E-state index >= 15 is 0 Å². The van der Waals surface area contributed by atoms with Gasteiger partial charge in [-0.05, 0) is 24.1 Å². The Bertz CT molecular complexity index is 742. The van der Waals surface area contributed by atoms with Crippen LogP contribution in [0.1, 0.15) is 17.9 Å². The monoisotopic (exact) mass is 340 g/mol. The average Bonchev–Trinajstić information content (AvgIpc) is 2.65. The van der Waals surface area contributed by atoms with E-state index < -0.39 is 5.41 Å². The summed E-state index contributed by atoms with van der Waals surface area (Å²) in [6, 6.07) is 10.2. The van der Waals surface area contributed by atoms with Crippen molar-refractivity contribution in [1.29, 1.82) is 0 Å². The van der Waals surface area contributed by atoms with Gasteiger partial charge in [0.25, 0.3) is 0 Å². The van der Waals surface area contributed by atoms with E-state index in [1.807, 2.05) is 24.3 Å². The molecular formula is C18H13BrO2. The molecular weight excluding hydrogens is 328 g/mol. The molecule has 3 heteroatoms. The Balaban J connectivity index is 1.98. The molecule has 0 aromatic heterocycles. The Morgan fingerprint density at radius 2 is 1.86 bits per heavy atom. The molecule has 1 aromatic rings. The van der Waals surface area contributed by atoms with E-state index in [0.717, 1.165) is 10.9 Å². The standard InChI is InChI=1S/C18H13BrO2/c19-17-10-16(21)14-9-15(20)12-6-7-18(14,17)13(8-12)11-4-2-1-3-5-11/h1-7,9-10,12-13H,8H2/t12-,13-,18+/m0/s1. The van der Waals surface area contributed by atoms with Gasteiger partial charge in [0.05, 0.1) is 5.41 Å². The predicted molar refractivity (Wildman–Crippen MR) is 84.0 cm³/mol. The van der Waals surface area contributed by atoms with Crippen LogP contribution in [0.15, 0.2) is 64.7 Å². The number of carbonyl (C=O) groups is 2. The zero-order chi connectivity index (χ0) is 14.6. The van der Waals surface area contributed by atoms with Crippen LogP contribution >= 0.6 is 15.9 Å². The van der Waals surface area contributed by atoms with Gasteiger partial charge in [-0.2, -0.15) is 0 Å². The summed E-state index contributed by atoms with van der Waals surface area (Å²) in [5, 5.41) is 0. The van der Waals surface area contributed by atoms with Crippen LogP contribution in [0.3, 0.4) is 0 Å². The summed E-state index contributed by atoms with van der Waals surface area (Å²) in [6.45, 7) is 0. The van der Waals surface area contributed by atoms with E-state index in [0.29, 0.717) is 5.57 Å². The molecule has 0 radical (unpaired) electrons. The van der Waals surface area contributed by atoms with E-state index in [1.165, 1.54) is 5.56 Å². The number of benzene rings is 1. The Morgan fingerprint density at radius 1 is 1.10 bits per heavy atom. The highest BCUT2D eigenvalue weighted by atomic mass is 79.9. The van der Waals surface area contributed by atoms with Crippen molar-refractivity contribution in [2.45, 2.75) is 12.3 Å². The zero-order valence-corrected chi connectivity index (χ0v) is 12.8. The van der Waals surface area contributed by atoms with Crippen LogP contribution in [0.2, 0.25) is 0 Å². The van der Waals surface area contributed by atoms with Gasteiger partial charge in [-0.25, -0.2) is 0 Å². The molecule has 3 atom stereocenters. The molecule has 104 valence electrons. The fourth-order valence-electron chi connectivity index (χ4n) is 3.81. The van der Waals surface area contributed by atoms with Crippen molar-refractivity contribution in [2.75, 3.05) is 0 Å². The summed E-state index contributed by atoms with van der Waals surface area (Å²) < 4.78 is 0.865. The summed E-state index contributed by atoms with van der Waals surface area (Å²) >= 11 is 3.59. The number of hydrogen-bond acceptors (Lipinski definition) is 2. The van der Waals surface area contributed by atoms with Gasteiger partial charge in [-0.3, -0.25) is 9.59 Å². The smallest absolute Gasteiger partial charge is 0.184 e. The van der Waals surface area contributed by atoms with Crippen LogP contribution in [-0.2, 0) is 9.59 Å². The van der Waals surface area contributed by atoms with Gasteiger partial charge in [0.1, 0.15) is 0 Å². The normalized spacial score (nSPS) is 33.6. The van der Waals surface area contributed by atoms with Gasteiger partial charge in [-0.15, -0.1) is 0 Å². The number of rotatable bonds is 1. The minimum Gasteiger partial charge on any atom is -0.294 e. The number of halogens is 1. The van der Waals surface area contributed by atoms with Crippen molar-refractivity contribution in [1.82, 2.24) is 0 Å². The number of carbonyl (C=O) groups excluding carboxylic acids is 2. The summed E-state index contributed by atoms with van der Waals surface area (Å²) in [7, 11) is 0. The third-order valence-electron chi connectivity index (χ3n) is 4.85. The van der Waals surface area contributed by atoms with Crippen LogP contribution in [0.4, 0.5) is 0 Å². The van der Waals surface area contributed by atoms with Crippen LogP contribution in [0, 0.1) is 11.3 Å². The molecule has 4 aliphatic carbocycles. The highest BCUT2D eigenvalue weighted by molar-refractivity contribution is 9.11. The Morgan fingerprint density at radius 3 is 2.62 bits per heavy atom. The minimum absolute atomic E-state index is 0.0468. The molecule has 0 amide bonds. The van der Waals surface area contributed by atoms with E-state index in [9.17, 15) is 9.59 Å². The number of hydrogen-bond donors (Lipinski definition) is 0. The lowest BCUT2D eigenvalue weighted by Gasteiger charge is -2.39. The molecule has 1 aromatic carbocycles. The molecule has 1 spiro atoms. The van der Waals surface area contributed by atoms with Crippen molar-refractivity contribution in [3.8, 4) is 0 Å². The van der Waals surface area contributed by atoms with Gasteiger partial charge < -0.3 is 0 Å². The van der Waals surface area contributed by atoms with Gasteiger partial charge in [0, 0.05) is 21.9 Å². The highest BCUT2D eigenvalue weighted by Gasteiger charge is 2.53. The first-order valence-electron chi connectivity index (χ1n) is 7.05. The van der Waals surface area contributed by atoms with E-state index in [4.69, 9.17) is 0 Å². The molecule has 0 N–H and O–H groups in total.